The SMILES string of the molecule is CCC(CCCCCC(CC)CCC(C)(C)C)CCCCCC(CC)CCC(C)(C)C. The Morgan fingerprint density at radius 1 is 0.387 bits per heavy atom. The molecule has 0 spiro atoms. The van der Waals surface area contributed by atoms with Gasteiger partial charge < -0.3 is 0 Å². The number of hydrogen-bond acceptors (Lipinski definition) is 0. The molecule has 0 saturated carbocycles. The Labute approximate surface area is 200 Å². The molecule has 0 radical (unpaired) electrons. The van der Waals surface area contributed by atoms with Crippen LogP contribution in [-0.4, -0.2) is 0 Å². The van der Waals surface area contributed by atoms with Gasteiger partial charge in [0.1, 0.15) is 0 Å². The zero-order valence-electron chi connectivity index (χ0n) is 23.8. The highest BCUT2D eigenvalue weighted by molar-refractivity contribution is 4.68. The Hall–Kier alpha value is 0. The van der Waals surface area contributed by atoms with E-state index in [4.69, 9.17) is 0 Å². The normalized spacial score (nSPS) is 15.8. The Balaban J connectivity index is 3.83. The van der Waals surface area contributed by atoms with Crippen molar-refractivity contribution in [3.63, 3.8) is 0 Å². The minimum Gasteiger partial charge on any atom is -0.0651 e. The lowest BCUT2D eigenvalue weighted by atomic mass is 9.83. The fraction of sp³-hybridized carbons (Fsp3) is 1.00. The van der Waals surface area contributed by atoms with Crippen LogP contribution in [0.15, 0.2) is 0 Å². The molecule has 0 nitrogen and oxygen atoms in total. The minimum atomic E-state index is 0.506. The second-order valence-corrected chi connectivity index (χ2v) is 13.3. The summed E-state index contributed by atoms with van der Waals surface area (Å²) in [6.07, 6.45) is 24.5. The summed E-state index contributed by atoms with van der Waals surface area (Å²) in [6, 6.07) is 0. The summed E-state index contributed by atoms with van der Waals surface area (Å²) in [5, 5.41) is 0. The standard InChI is InChI=1S/C31H64/c1-10-27(19-15-13-17-21-28(11-2)23-25-30(4,5)6)20-16-14-18-22-29(12-3)24-26-31(7,8)9/h27-29H,10-26H2,1-9H3. The van der Waals surface area contributed by atoms with E-state index in [2.05, 4.69) is 62.3 Å². The average molecular weight is 437 g/mol. The molecular formula is C31H64. The second-order valence-electron chi connectivity index (χ2n) is 13.3. The van der Waals surface area contributed by atoms with E-state index in [1.54, 1.807) is 0 Å². The van der Waals surface area contributed by atoms with Crippen LogP contribution >= 0.6 is 0 Å². The van der Waals surface area contributed by atoms with Crippen LogP contribution in [0.1, 0.15) is 171 Å². The van der Waals surface area contributed by atoms with Crippen molar-refractivity contribution in [2.45, 2.75) is 171 Å². The van der Waals surface area contributed by atoms with Crippen LogP contribution in [0.4, 0.5) is 0 Å². The first-order valence-corrected chi connectivity index (χ1v) is 14.5. The fourth-order valence-corrected chi connectivity index (χ4v) is 5.02. The lowest BCUT2D eigenvalue weighted by molar-refractivity contribution is 0.300. The molecule has 0 aromatic rings. The van der Waals surface area contributed by atoms with Crippen LogP contribution in [-0.2, 0) is 0 Å². The Morgan fingerprint density at radius 2 is 0.645 bits per heavy atom. The summed E-state index contributed by atoms with van der Waals surface area (Å²) in [4.78, 5) is 0. The molecule has 2 unspecified atom stereocenters. The van der Waals surface area contributed by atoms with Gasteiger partial charge >= 0.3 is 0 Å². The Morgan fingerprint density at radius 3 is 0.871 bits per heavy atom. The molecule has 0 N–H and O–H groups in total. The summed E-state index contributed by atoms with van der Waals surface area (Å²) in [5.41, 5.74) is 1.01. The van der Waals surface area contributed by atoms with Gasteiger partial charge in [-0.05, 0) is 54.3 Å². The Bertz CT molecular complexity index is 344. The molecule has 0 aliphatic rings. The van der Waals surface area contributed by atoms with Crippen LogP contribution < -0.4 is 0 Å². The molecular weight excluding hydrogens is 372 g/mol. The van der Waals surface area contributed by atoms with E-state index >= 15 is 0 Å². The largest absolute Gasteiger partial charge is 0.0651 e. The van der Waals surface area contributed by atoms with E-state index in [0.29, 0.717) is 10.8 Å². The monoisotopic (exact) mass is 437 g/mol. The molecule has 0 saturated heterocycles. The third kappa shape index (κ3) is 20.3. The summed E-state index contributed by atoms with van der Waals surface area (Å²) >= 11 is 0. The number of rotatable bonds is 19. The summed E-state index contributed by atoms with van der Waals surface area (Å²) in [6.45, 7) is 21.5. The fourth-order valence-electron chi connectivity index (χ4n) is 5.02. The van der Waals surface area contributed by atoms with Gasteiger partial charge in [-0.1, -0.05) is 146 Å². The smallest absolute Gasteiger partial charge is 0.0383 e. The van der Waals surface area contributed by atoms with Gasteiger partial charge in [0.15, 0.2) is 0 Å². The maximum atomic E-state index is 2.42. The van der Waals surface area contributed by atoms with Crippen molar-refractivity contribution >= 4 is 0 Å². The first-order valence-electron chi connectivity index (χ1n) is 14.5. The molecule has 0 heteroatoms. The molecule has 0 bridgehead atoms. The van der Waals surface area contributed by atoms with E-state index < -0.39 is 0 Å². The van der Waals surface area contributed by atoms with Gasteiger partial charge in [-0.25, -0.2) is 0 Å². The first-order chi connectivity index (χ1) is 14.5. The predicted molar refractivity (Wildman–Crippen MR) is 145 cm³/mol. The molecule has 0 aromatic heterocycles. The van der Waals surface area contributed by atoms with Crippen LogP contribution in [0.25, 0.3) is 0 Å². The van der Waals surface area contributed by atoms with Crippen molar-refractivity contribution in [1.82, 2.24) is 0 Å². The van der Waals surface area contributed by atoms with Crippen molar-refractivity contribution in [3.05, 3.63) is 0 Å². The average Bonchev–Trinajstić information content (AvgIpc) is 2.68. The third-order valence-electron chi connectivity index (χ3n) is 7.79. The predicted octanol–water partition coefficient (Wildman–Crippen LogP) is 11.6. The highest BCUT2D eigenvalue weighted by atomic mass is 14.2. The van der Waals surface area contributed by atoms with Gasteiger partial charge in [-0.15, -0.1) is 0 Å². The zero-order chi connectivity index (χ0) is 23.8. The number of unbranched alkanes of at least 4 members (excludes halogenated alkanes) is 4. The third-order valence-corrected chi connectivity index (χ3v) is 7.79. The zero-order valence-corrected chi connectivity index (χ0v) is 23.8. The second kappa shape index (κ2) is 17.5. The molecule has 188 valence electrons. The van der Waals surface area contributed by atoms with Gasteiger partial charge in [-0.3, -0.25) is 0 Å². The summed E-state index contributed by atoms with van der Waals surface area (Å²) < 4.78 is 0. The van der Waals surface area contributed by atoms with E-state index in [-0.39, 0.29) is 0 Å². The van der Waals surface area contributed by atoms with Gasteiger partial charge in [0, 0.05) is 0 Å². The molecule has 2 atom stereocenters. The molecule has 0 aliphatic heterocycles. The molecule has 0 aromatic carbocycles. The van der Waals surface area contributed by atoms with Gasteiger partial charge in [0.25, 0.3) is 0 Å². The molecule has 0 fully saturated rings. The van der Waals surface area contributed by atoms with Gasteiger partial charge in [0.2, 0.25) is 0 Å². The molecule has 0 aliphatic carbocycles. The van der Waals surface area contributed by atoms with Crippen LogP contribution in [0.3, 0.4) is 0 Å². The van der Waals surface area contributed by atoms with E-state index in [0.717, 1.165) is 17.8 Å². The lowest BCUT2D eigenvalue weighted by Gasteiger charge is -2.22. The van der Waals surface area contributed by atoms with Crippen molar-refractivity contribution in [2.24, 2.45) is 28.6 Å². The van der Waals surface area contributed by atoms with Crippen molar-refractivity contribution in [1.29, 1.82) is 0 Å². The van der Waals surface area contributed by atoms with Gasteiger partial charge in [0.05, 0.1) is 0 Å². The quantitative estimate of drug-likeness (QED) is 0.176. The van der Waals surface area contributed by atoms with E-state index in [9.17, 15) is 0 Å². The maximum absolute atomic E-state index is 2.42. The minimum absolute atomic E-state index is 0.506. The van der Waals surface area contributed by atoms with Crippen molar-refractivity contribution in [3.8, 4) is 0 Å². The van der Waals surface area contributed by atoms with E-state index in [1.165, 1.54) is 109 Å². The van der Waals surface area contributed by atoms with Gasteiger partial charge in [-0.2, -0.15) is 0 Å². The highest BCUT2D eigenvalue weighted by Crippen LogP contribution is 2.29. The molecule has 31 heavy (non-hydrogen) atoms. The highest BCUT2D eigenvalue weighted by Gasteiger charge is 2.15. The summed E-state index contributed by atoms with van der Waals surface area (Å²) in [7, 11) is 0. The van der Waals surface area contributed by atoms with Crippen molar-refractivity contribution < 1.29 is 0 Å². The van der Waals surface area contributed by atoms with Crippen LogP contribution in [0.2, 0.25) is 0 Å². The summed E-state index contributed by atoms with van der Waals surface area (Å²) in [5.74, 6) is 2.93. The lowest BCUT2D eigenvalue weighted by Crippen LogP contribution is -2.09. The first kappa shape index (κ1) is 31.0. The molecule has 0 rings (SSSR count). The topological polar surface area (TPSA) is 0 Å². The van der Waals surface area contributed by atoms with Crippen LogP contribution in [0, 0.1) is 28.6 Å². The number of hydrogen-bond donors (Lipinski definition) is 0. The maximum Gasteiger partial charge on any atom is -0.0383 e. The van der Waals surface area contributed by atoms with Crippen molar-refractivity contribution in [2.75, 3.05) is 0 Å². The Kier molecular flexibility index (Phi) is 17.5. The van der Waals surface area contributed by atoms with Crippen LogP contribution in [0.5, 0.6) is 0 Å². The molecule has 0 heterocycles. The molecule has 0 amide bonds. The van der Waals surface area contributed by atoms with E-state index in [1.807, 2.05) is 0 Å².